The Kier molecular flexibility index (Phi) is 3.19. The third-order valence-electron chi connectivity index (χ3n) is 0.425. The summed E-state index contributed by atoms with van der Waals surface area (Å²) in [5.74, 6) is 0. The summed E-state index contributed by atoms with van der Waals surface area (Å²) in [6.07, 6.45) is 0. The first-order valence-corrected chi connectivity index (χ1v) is 2.41. The van der Waals surface area contributed by atoms with E-state index >= 15 is 0 Å². The first-order valence-electron chi connectivity index (χ1n) is 1.47. The molecule has 0 aliphatic carbocycles. The van der Waals surface area contributed by atoms with Crippen LogP contribution >= 0.6 is 23.7 Å². The van der Waals surface area contributed by atoms with E-state index in [-0.39, 0.29) is 12.4 Å². The molecule has 1 aromatic heterocycles. The van der Waals surface area contributed by atoms with Crippen molar-refractivity contribution in [2.24, 2.45) is 0 Å². The quantitative estimate of drug-likeness (QED) is 0.492. The van der Waals surface area contributed by atoms with Crippen LogP contribution in [0, 0.1) is 0 Å². The van der Waals surface area contributed by atoms with Crippen LogP contribution in [-0.4, -0.2) is 0 Å². The minimum Gasteiger partial charge on any atom is -0.152 e. The highest BCUT2D eigenvalue weighted by molar-refractivity contribution is 7.07. The van der Waals surface area contributed by atoms with Crippen LogP contribution in [0.4, 0.5) is 0 Å². The van der Waals surface area contributed by atoms with Crippen LogP contribution < -0.4 is 0 Å². The number of rotatable bonds is 0. The van der Waals surface area contributed by atoms with Crippen LogP contribution in [0.3, 0.4) is 0 Å². The lowest BCUT2D eigenvalue weighted by Gasteiger charge is -1.39. The number of halogens is 1. The van der Waals surface area contributed by atoms with Crippen LogP contribution in [0.2, 0.25) is 0 Å². The average Bonchev–Trinajstić information content (AvgIpc) is 1.76. The standard InChI is InChI=1S/C4H4S.ClH/c1-2-4-5-3-1;/h1-4H;1H. The van der Waals surface area contributed by atoms with Crippen molar-refractivity contribution in [3.8, 4) is 0 Å². The molecule has 34 valence electrons. The number of hydrogen-bond acceptors (Lipinski definition) is 1. The molecule has 0 atom stereocenters. The highest BCUT2D eigenvalue weighted by Crippen LogP contribution is 1.91. The third kappa shape index (κ3) is 1.43. The number of thiophene rings is 1. The number of hydrogen-bond donors (Lipinski definition) is 0. The van der Waals surface area contributed by atoms with Crippen LogP contribution in [-0.2, 0) is 0 Å². The van der Waals surface area contributed by atoms with E-state index in [1.807, 2.05) is 22.9 Å². The predicted octanol–water partition coefficient (Wildman–Crippen LogP) is 2.17. The molecule has 0 fully saturated rings. The van der Waals surface area contributed by atoms with Gasteiger partial charge in [-0.05, 0) is 10.8 Å². The summed E-state index contributed by atoms with van der Waals surface area (Å²) in [4.78, 5) is 0. The van der Waals surface area contributed by atoms with Gasteiger partial charge >= 0.3 is 0 Å². The van der Waals surface area contributed by atoms with Gasteiger partial charge in [0, 0.05) is 0 Å². The van der Waals surface area contributed by atoms with Crippen molar-refractivity contribution in [2.75, 3.05) is 0 Å². The molecule has 2 heteroatoms. The molecule has 1 aromatic rings. The topological polar surface area (TPSA) is 0 Å². The Morgan fingerprint density at radius 3 is 1.67 bits per heavy atom. The molecule has 6 heavy (non-hydrogen) atoms. The summed E-state index contributed by atoms with van der Waals surface area (Å²) in [6.45, 7) is 0. The Morgan fingerprint density at radius 2 is 1.50 bits per heavy atom. The van der Waals surface area contributed by atoms with Crippen molar-refractivity contribution in [3.05, 3.63) is 22.9 Å². The zero-order valence-corrected chi connectivity index (χ0v) is 4.76. The van der Waals surface area contributed by atoms with Gasteiger partial charge in [0.25, 0.3) is 0 Å². The van der Waals surface area contributed by atoms with E-state index in [1.165, 1.54) is 0 Å². The molecule has 0 aromatic carbocycles. The molecule has 0 amide bonds. The van der Waals surface area contributed by atoms with Crippen molar-refractivity contribution in [1.82, 2.24) is 0 Å². The van der Waals surface area contributed by atoms with Crippen LogP contribution in [0.5, 0.6) is 0 Å². The molecule has 0 N–H and O–H groups in total. The van der Waals surface area contributed by atoms with E-state index in [9.17, 15) is 0 Å². The Hall–Kier alpha value is -0.0100. The van der Waals surface area contributed by atoms with Gasteiger partial charge in [0.2, 0.25) is 0 Å². The molecule has 1 rings (SSSR count). The minimum atomic E-state index is 0. The lowest BCUT2D eigenvalue weighted by atomic mass is 10.7. The van der Waals surface area contributed by atoms with Crippen LogP contribution in [0.25, 0.3) is 0 Å². The van der Waals surface area contributed by atoms with Gasteiger partial charge in [-0.2, -0.15) is 11.3 Å². The lowest BCUT2D eigenvalue weighted by Crippen LogP contribution is -1.16. The molecular formula is C4H5ClS. The van der Waals surface area contributed by atoms with Gasteiger partial charge in [-0.15, -0.1) is 12.4 Å². The van der Waals surface area contributed by atoms with Gasteiger partial charge in [0.1, 0.15) is 0 Å². The summed E-state index contributed by atoms with van der Waals surface area (Å²) in [5, 5.41) is 4.08. The predicted molar refractivity (Wildman–Crippen MR) is 31.6 cm³/mol. The summed E-state index contributed by atoms with van der Waals surface area (Å²) >= 11 is 1.71. The van der Waals surface area contributed by atoms with Crippen LogP contribution in [0.1, 0.15) is 0 Å². The molecule has 0 spiro atoms. The summed E-state index contributed by atoms with van der Waals surface area (Å²) in [6, 6.07) is 4.04. The Morgan fingerprint density at radius 1 is 1.00 bits per heavy atom. The SMILES string of the molecule is Cl.c1ccsc1. The van der Waals surface area contributed by atoms with Crippen molar-refractivity contribution in [1.29, 1.82) is 0 Å². The molecular weight excluding hydrogens is 116 g/mol. The van der Waals surface area contributed by atoms with Gasteiger partial charge < -0.3 is 0 Å². The average molecular weight is 121 g/mol. The fourth-order valence-electron chi connectivity index (χ4n) is 0.227. The van der Waals surface area contributed by atoms with E-state index in [0.29, 0.717) is 0 Å². The van der Waals surface area contributed by atoms with Crippen LogP contribution in [0.15, 0.2) is 22.9 Å². The zero-order valence-electron chi connectivity index (χ0n) is 3.13. The summed E-state index contributed by atoms with van der Waals surface area (Å²) in [5.41, 5.74) is 0. The zero-order chi connectivity index (χ0) is 3.54. The van der Waals surface area contributed by atoms with Crippen molar-refractivity contribution in [2.45, 2.75) is 0 Å². The highest BCUT2D eigenvalue weighted by atomic mass is 35.5. The van der Waals surface area contributed by atoms with E-state index in [2.05, 4.69) is 0 Å². The van der Waals surface area contributed by atoms with E-state index in [4.69, 9.17) is 0 Å². The van der Waals surface area contributed by atoms with E-state index < -0.39 is 0 Å². The van der Waals surface area contributed by atoms with Gasteiger partial charge in [-0.1, -0.05) is 12.1 Å². The molecule has 0 aliphatic rings. The largest absolute Gasteiger partial charge is 0.152 e. The third-order valence-corrected chi connectivity index (χ3v) is 1.05. The fourth-order valence-corrected chi connectivity index (χ4v) is 0.680. The molecule has 0 unspecified atom stereocenters. The molecule has 0 saturated carbocycles. The van der Waals surface area contributed by atoms with Crippen molar-refractivity contribution < 1.29 is 0 Å². The highest BCUT2D eigenvalue weighted by Gasteiger charge is 1.58. The molecule has 0 bridgehead atoms. The summed E-state index contributed by atoms with van der Waals surface area (Å²) in [7, 11) is 0. The normalized spacial score (nSPS) is 6.67. The van der Waals surface area contributed by atoms with Gasteiger partial charge in [-0.25, -0.2) is 0 Å². The smallest absolute Gasteiger partial charge is 0.00934 e. The first kappa shape index (κ1) is 5.99. The minimum absolute atomic E-state index is 0. The Labute approximate surface area is 47.2 Å². The van der Waals surface area contributed by atoms with E-state index in [0.717, 1.165) is 0 Å². The van der Waals surface area contributed by atoms with Gasteiger partial charge in [0.15, 0.2) is 0 Å². The maximum absolute atomic E-state index is 2.04. The monoisotopic (exact) mass is 120 g/mol. The fraction of sp³-hybridized carbons (Fsp3) is 0. The second-order valence-corrected chi connectivity index (χ2v) is 1.61. The lowest BCUT2D eigenvalue weighted by molar-refractivity contribution is 2.03. The molecule has 0 saturated heterocycles. The van der Waals surface area contributed by atoms with E-state index in [1.54, 1.807) is 11.3 Å². The maximum Gasteiger partial charge on any atom is -0.00934 e. The van der Waals surface area contributed by atoms with Gasteiger partial charge in [0.05, 0.1) is 0 Å². The second-order valence-electron chi connectivity index (χ2n) is 0.793. The molecule has 0 aliphatic heterocycles. The van der Waals surface area contributed by atoms with Crippen molar-refractivity contribution >= 4 is 23.7 Å². The maximum atomic E-state index is 2.04. The molecule has 1 heterocycles. The first-order chi connectivity index (χ1) is 2.50. The Bertz CT molecular complexity index is 64.0. The van der Waals surface area contributed by atoms with Gasteiger partial charge in [-0.3, -0.25) is 0 Å². The van der Waals surface area contributed by atoms with Crippen molar-refractivity contribution in [3.63, 3.8) is 0 Å². The Balaban J connectivity index is 0.000000250. The molecule has 0 nitrogen and oxygen atoms in total. The molecule has 0 radical (unpaired) electrons. The second kappa shape index (κ2) is 3.19. The summed E-state index contributed by atoms with van der Waals surface area (Å²) < 4.78 is 0.